The highest BCUT2D eigenvalue weighted by molar-refractivity contribution is 5.96. The predicted molar refractivity (Wildman–Crippen MR) is 67.2 cm³/mol. The minimum atomic E-state index is -0.268. The molecule has 0 aromatic carbocycles. The van der Waals surface area contributed by atoms with Crippen LogP contribution in [0.2, 0.25) is 0 Å². The number of carbonyl (C=O) groups is 1. The molecular formula is C13H22N2O2. The van der Waals surface area contributed by atoms with Crippen LogP contribution in [-0.2, 0) is 5.41 Å². The van der Waals surface area contributed by atoms with Crippen molar-refractivity contribution in [1.82, 2.24) is 10.5 Å². The first-order valence-electron chi connectivity index (χ1n) is 5.81. The maximum absolute atomic E-state index is 12.2. The number of hydrogen-bond acceptors (Lipinski definition) is 3. The van der Waals surface area contributed by atoms with Crippen LogP contribution in [0.1, 0.15) is 63.4 Å². The molecule has 0 atom stereocenters. The molecule has 1 N–H and O–H groups in total. The fourth-order valence-corrected chi connectivity index (χ4v) is 1.55. The summed E-state index contributed by atoms with van der Waals surface area (Å²) in [7, 11) is 0. The molecule has 0 bridgehead atoms. The molecular weight excluding hydrogens is 216 g/mol. The van der Waals surface area contributed by atoms with Crippen molar-refractivity contribution >= 4 is 5.91 Å². The topological polar surface area (TPSA) is 55.1 Å². The number of aryl methyl sites for hydroxylation is 1. The van der Waals surface area contributed by atoms with Crippen LogP contribution in [0.3, 0.4) is 0 Å². The van der Waals surface area contributed by atoms with Crippen molar-refractivity contribution in [2.45, 2.75) is 59.4 Å². The molecule has 0 radical (unpaired) electrons. The Kier molecular flexibility index (Phi) is 3.37. The number of rotatable bonds is 1. The lowest BCUT2D eigenvalue weighted by molar-refractivity contribution is 0.0916. The standard InChI is InChI=1S/C13H22N2O2/c1-8-9(11(16)14-13(5,6)7)10(15-17-8)12(2,3)4/h1-7H3,(H,14,16). The highest BCUT2D eigenvalue weighted by Crippen LogP contribution is 2.27. The molecule has 17 heavy (non-hydrogen) atoms. The van der Waals surface area contributed by atoms with Gasteiger partial charge in [-0.3, -0.25) is 4.79 Å². The van der Waals surface area contributed by atoms with Crippen LogP contribution in [0.5, 0.6) is 0 Å². The first-order chi connectivity index (χ1) is 7.52. The van der Waals surface area contributed by atoms with Crippen molar-refractivity contribution in [3.05, 3.63) is 17.0 Å². The van der Waals surface area contributed by atoms with Gasteiger partial charge in [-0.1, -0.05) is 25.9 Å². The monoisotopic (exact) mass is 238 g/mol. The molecule has 1 heterocycles. The lowest BCUT2D eigenvalue weighted by atomic mass is 9.88. The van der Waals surface area contributed by atoms with Crippen LogP contribution in [0.25, 0.3) is 0 Å². The summed E-state index contributed by atoms with van der Waals surface area (Å²) in [4.78, 5) is 12.2. The van der Waals surface area contributed by atoms with E-state index in [0.717, 1.165) is 0 Å². The molecule has 1 rings (SSSR count). The summed E-state index contributed by atoms with van der Waals surface area (Å²) >= 11 is 0. The second kappa shape index (κ2) is 4.17. The zero-order valence-electron chi connectivity index (χ0n) is 11.8. The summed E-state index contributed by atoms with van der Waals surface area (Å²) in [5.74, 6) is 0.442. The van der Waals surface area contributed by atoms with Gasteiger partial charge >= 0.3 is 0 Å². The Hall–Kier alpha value is -1.32. The largest absolute Gasteiger partial charge is 0.361 e. The van der Waals surface area contributed by atoms with Gasteiger partial charge in [0.25, 0.3) is 5.91 Å². The van der Waals surface area contributed by atoms with Gasteiger partial charge < -0.3 is 9.84 Å². The number of aromatic nitrogens is 1. The van der Waals surface area contributed by atoms with E-state index < -0.39 is 0 Å². The Morgan fingerprint density at radius 1 is 1.18 bits per heavy atom. The number of nitrogens with zero attached hydrogens (tertiary/aromatic N) is 1. The van der Waals surface area contributed by atoms with Gasteiger partial charge in [-0.15, -0.1) is 0 Å². The summed E-state index contributed by atoms with van der Waals surface area (Å²) in [5.41, 5.74) is 0.794. The molecule has 1 aromatic rings. The van der Waals surface area contributed by atoms with Crippen molar-refractivity contribution < 1.29 is 9.32 Å². The highest BCUT2D eigenvalue weighted by atomic mass is 16.5. The second-order valence-electron chi connectivity index (χ2n) is 6.42. The summed E-state index contributed by atoms with van der Waals surface area (Å²) in [5, 5.41) is 6.94. The average molecular weight is 238 g/mol. The van der Waals surface area contributed by atoms with Gasteiger partial charge in [-0.05, 0) is 27.7 Å². The minimum absolute atomic E-state index is 0.124. The van der Waals surface area contributed by atoms with E-state index in [4.69, 9.17) is 4.52 Å². The summed E-state index contributed by atoms with van der Waals surface area (Å²) in [6.07, 6.45) is 0. The van der Waals surface area contributed by atoms with Crippen molar-refractivity contribution in [3.63, 3.8) is 0 Å². The van der Waals surface area contributed by atoms with E-state index >= 15 is 0 Å². The number of hydrogen-bond donors (Lipinski definition) is 1. The molecule has 4 nitrogen and oxygen atoms in total. The summed E-state index contributed by atoms with van der Waals surface area (Å²) < 4.78 is 5.15. The third-order valence-electron chi connectivity index (χ3n) is 2.29. The summed E-state index contributed by atoms with van der Waals surface area (Å²) in [6.45, 7) is 13.6. The van der Waals surface area contributed by atoms with Crippen LogP contribution in [0, 0.1) is 6.92 Å². The van der Waals surface area contributed by atoms with Crippen LogP contribution in [0.15, 0.2) is 4.52 Å². The van der Waals surface area contributed by atoms with E-state index in [1.165, 1.54) is 0 Å². The molecule has 0 spiro atoms. The molecule has 96 valence electrons. The third kappa shape index (κ3) is 3.32. The Morgan fingerprint density at radius 2 is 1.71 bits per heavy atom. The molecule has 0 aliphatic heterocycles. The van der Waals surface area contributed by atoms with Crippen LogP contribution in [-0.4, -0.2) is 16.6 Å². The van der Waals surface area contributed by atoms with E-state index in [9.17, 15) is 4.79 Å². The SMILES string of the molecule is Cc1onc(C(C)(C)C)c1C(=O)NC(C)(C)C. The zero-order valence-corrected chi connectivity index (χ0v) is 11.8. The fraction of sp³-hybridized carbons (Fsp3) is 0.692. The Labute approximate surface area is 103 Å². The quantitative estimate of drug-likeness (QED) is 0.818. The van der Waals surface area contributed by atoms with Crippen LogP contribution in [0.4, 0.5) is 0 Å². The van der Waals surface area contributed by atoms with E-state index in [0.29, 0.717) is 17.0 Å². The zero-order chi connectivity index (χ0) is 13.4. The first kappa shape index (κ1) is 13.7. The van der Waals surface area contributed by atoms with Gasteiger partial charge in [-0.25, -0.2) is 0 Å². The van der Waals surface area contributed by atoms with E-state index in [-0.39, 0.29) is 16.9 Å². The molecule has 0 saturated carbocycles. The van der Waals surface area contributed by atoms with Crippen LogP contribution < -0.4 is 5.32 Å². The molecule has 1 amide bonds. The maximum atomic E-state index is 12.2. The number of nitrogens with one attached hydrogen (secondary N) is 1. The minimum Gasteiger partial charge on any atom is -0.361 e. The first-order valence-corrected chi connectivity index (χ1v) is 5.81. The Bertz CT molecular complexity index is 420. The molecule has 0 saturated heterocycles. The van der Waals surface area contributed by atoms with E-state index in [1.54, 1.807) is 6.92 Å². The van der Waals surface area contributed by atoms with E-state index in [1.807, 2.05) is 41.5 Å². The van der Waals surface area contributed by atoms with Crippen molar-refractivity contribution in [1.29, 1.82) is 0 Å². The van der Waals surface area contributed by atoms with Gasteiger partial charge in [0.2, 0.25) is 0 Å². The Balaban J connectivity index is 3.14. The lowest BCUT2D eigenvalue weighted by Gasteiger charge is -2.22. The third-order valence-corrected chi connectivity index (χ3v) is 2.29. The lowest BCUT2D eigenvalue weighted by Crippen LogP contribution is -2.41. The molecule has 4 heteroatoms. The normalized spacial score (nSPS) is 12.6. The highest BCUT2D eigenvalue weighted by Gasteiger charge is 2.30. The molecule has 0 unspecified atom stereocenters. The average Bonchev–Trinajstić information content (AvgIpc) is 2.42. The smallest absolute Gasteiger partial charge is 0.257 e. The maximum Gasteiger partial charge on any atom is 0.257 e. The van der Waals surface area contributed by atoms with E-state index in [2.05, 4.69) is 10.5 Å². The predicted octanol–water partition coefficient (Wildman–Crippen LogP) is 2.81. The van der Waals surface area contributed by atoms with Crippen molar-refractivity contribution in [2.24, 2.45) is 0 Å². The van der Waals surface area contributed by atoms with Gasteiger partial charge in [0, 0.05) is 11.0 Å². The second-order valence-corrected chi connectivity index (χ2v) is 6.42. The van der Waals surface area contributed by atoms with Gasteiger partial charge in [-0.2, -0.15) is 0 Å². The Morgan fingerprint density at radius 3 is 2.12 bits per heavy atom. The van der Waals surface area contributed by atoms with Gasteiger partial charge in [0.1, 0.15) is 17.0 Å². The molecule has 0 fully saturated rings. The van der Waals surface area contributed by atoms with Crippen molar-refractivity contribution in [3.8, 4) is 0 Å². The molecule has 1 aromatic heterocycles. The number of carbonyl (C=O) groups excluding carboxylic acids is 1. The van der Waals surface area contributed by atoms with Gasteiger partial charge in [0.05, 0.1) is 0 Å². The molecule has 0 aliphatic rings. The molecule has 0 aliphatic carbocycles. The fourth-order valence-electron chi connectivity index (χ4n) is 1.55. The van der Waals surface area contributed by atoms with Gasteiger partial charge in [0.15, 0.2) is 0 Å². The number of amides is 1. The van der Waals surface area contributed by atoms with Crippen LogP contribution >= 0.6 is 0 Å². The summed E-state index contributed by atoms with van der Waals surface area (Å²) in [6, 6.07) is 0. The van der Waals surface area contributed by atoms with Crippen molar-refractivity contribution in [2.75, 3.05) is 0 Å².